The Hall–Kier alpha value is -0.610. The molecule has 0 atom stereocenters. The van der Waals surface area contributed by atoms with Crippen molar-refractivity contribution in [3.63, 3.8) is 0 Å². The maximum absolute atomic E-state index is 13.2. The molecule has 0 bridgehead atoms. The normalized spacial score (nSPS) is 23.7. The Labute approximate surface area is 119 Å². The van der Waals surface area contributed by atoms with E-state index in [9.17, 15) is 9.18 Å². The number of halogens is 3. The van der Waals surface area contributed by atoms with Gasteiger partial charge in [0.15, 0.2) is 0 Å². The predicted molar refractivity (Wildman–Crippen MR) is 73.5 cm³/mol. The molecule has 18 heavy (non-hydrogen) atoms. The second kappa shape index (κ2) is 6.02. The van der Waals surface area contributed by atoms with E-state index in [1.54, 1.807) is 6.07 Å². The number of nitrogens with one attached hydrogen (secondary N) is 1. The van der Waals surface area contributed by atoms with Gasteiger partial charge in [0, 0.05) is 21.5 Å². The van der Waals surface area contributed by atoms with Gasteiger partial charge in [0.25, 0.3) is 5.91 Å². The summed E-state index contributed by atoms with van der Waals surface area (Å²) in [6.45, 7) is 0. The maximum atomic E-state index is 13.2. The lowest BCUT2D eigenvalue weighted by atomic mass is 9.95. The van der Waals surface area contributed by atoms with E-state index in [1.807, 2.05) is 0 Å². The van der Waals surface area contributed by atoms with Crippen molar-refractivity contribution in [2.24, 2.45) is 0 Å². The molecular formula is C13H14BrClFNO. The van der Waals surface area contributed by atoms with E-state index in [-0.39, 0.29) is 17.3 Å². The van der Waals surface area contributed by atoms with Crippen molar-refractivity contribution >= 4 is 33.4 Å². The van der Waals surface area contributed by atoms with Crippen molar-refractivity contribution in [3.8, 4) is 0 Å². The van der Waals surface area contributed by atoms with Crippen LogP contribution >= 0.6 is 27.5 Å². The van der Waals surface area contributed by atoms with Gasteiger partial charge in [-0.2, -0.15) is 0 Å². The fourth-order valence-corrected chi connectivity index (χ4v) is 2.87. The van der Waals surface area contributed by atoms with Crippen molar-refractivity contribution < 1.29 is 9.18 Å². The van der Waals surface area contributed by atoms with Crippen molar-refractivity contribution in [2.75, 3.05) is 0 Å². The van der Waals surface area contributed by atoms with Gasteiger partial charge in [0.2, 0.25) is 0 Å². The van der Waals surface area contributed by atoms with Gasteiger partial charge in [-0.25, -0.2) is 4.39 Å². The van der Waals surface area contributed by atoms with Gasteiger partial charge in [-0.05, 0) is 43.9 Å². The standard InChI is InChI=1S/C13H14BrClFNO/c14-9-5-8(6-11(16)7-9)13(18)17-12-3-1-10(15)2-4-12/h5-7,10,12H,1-4H2,(H,17,18). The predicted octanol–water partition coefficient (Wildman–Crippen LogP) is 3.87. The van der Waals surface area contributed by atoms with E-state index in [0.29, 0.717) is 10.0 Å². The highest BCUT2D eigenvalue weighted by atomic mass is 79.9. The average molecular weight is 335 g/mol. The van der Waals surface area contributed by atoms with Crippen LogP contribution in [0.2, 0.25) is 0 Å². The van der Waals surface area contributed by atoms with E-state index in [1.165, 1.54) is 12.1 Å². The third kappa shape index (κ3) is 3.69. The number of amides is 1. The highest BCUT2D eigenvalue weighted by Crippen LogP contribution is 2.23. The molecule has 5 heteroatoms. The molecular weight excluding hydrogens is 321 g/mol. The average Bonchev–Trinajstić information content (AvgIpc) is 2.31. The van der Waals surface area contributed by atoms with Crippen LogP contribution in [0.1, 0.15) is 36.0 Å². The number of hydrogen-bond acceptors (Lipinski definition) is 1. The minimum Gasteiger partial charge on any atom is -0.349 e. The number of carbonyl (C=O) groups is 1. The molecule has 0 aromatic heterocycles. The molecule has 0 heterocycles. The molecule has 0 unspecified atom stereocenters. The fraction of sp³-hybridized carbons (Fsp3) is 0.462. The molecule has 0 radical (unpaired) electrons. The molecule has 98 valence electrons. The van der Waals surface area contributed by atoms with Gasteiger partial charge in [-0.1, -0.05) is 15.9 Å². The van der Waals surface area contributed by atoms with Crippen molar-refractivity contribution in [2.45, 2.75) is 37.1 Å². The monoisotopic (exact) mass is 333 g/mol. The minimum atomic E-state index is -0.418. The summed E-state index contributed by atoms with van der Waals surface area (Å²) in [6, 6.07) is 4.34. The Bertz CT molecular complexity index is 426. The minimum absolute atomic E-state index is 0.148. The zero-order valence-corrected chi connectivity index (χ0v) is 12.1. The van der Waals surface area contributed by atoms with Crippen LogP contribution in [0, 0.1) is 5.82 Å². The smallest absolute Gasteiger partial charge is 0.251 e. The Balaban J connectivity index is 1.99. The number of rotatable bonds is 2. The first-order valence-corrected chi connectivity index (χ1v) is 7.18. The highest BCUT2D eigenvalue weighted by molar-refractivity contribution is 9.10. The molecule has 0 spiro atoms. The maximum Gasteiger partial charge on any atom is 0.251 e. The molecule has 0 aliphatic heterocycles. The fourth-order valence-electron chi connectivity index (χ4n) is 2.15. The number of benzene rings is 1. The third-order valence-electron chi connectivity index (χ3n) is 3.12. The summed E-state index contributed by atoms with van der Waals surface area (Å²) in [5.74, 6) is -0.646. The van der Waals surface area contributed by atoms with Crippen LogP contribution in [0.4, 0.5) is 4.39 Å². The van der Waals surface area contributed by atoms with Gasteiger partial charge in [-0.15, -0.1) is 11.6 Å². The number of alkyl halides is 1. The molecule has 1 N–H and O–H groups in total. The summed E-state index contributed by atoms with van der Waals surface area (Å²) >= 11 is 9.19. The Morgan fingerprint density at radius 2 is 1.94 bits per heavy atom. The first kappa shape index (κ1) is 13.8. The Morgan fingerprint density at radius 3 is 2.56 bits per heavy atom. The lowest BCUT2D eigenvalue weighted by Crippen LogP contribution is -2.37. The van der Waals surface area contributed by atoms with Gasteiger partial charge in [0.1, 0.15) is 5.82 Å². The van der Waals surface area contributed by atoms with Crippen LogP contribution in [0.5, 0.6) is 0 Å². The molecule has 1 aliphatic rings. The third-order valence-corrected chi connectivity index (χ3v) is 4.01. The SMILES string of the molecule is O=C(NC1CCC(Cl)CC1)c1cc(F)cc(Br)c1. The number of carbonyl (C=O) groups excluding carboxylic acids is 1. The molecule has 1 aromatic carbocycles. The molecule has 1 amide bonds. The van der Waals surface area contributed by atoms with Gasteiger partial charge in [-0.3, -0.25) is 4.79 Å². The summed E-state index contributed by atoms with van der Waals surface area (Å²) in [5.41, 5.74) is 0.342. The first-order chi connectivity index (χ1) is 8.54. The molecule has 1 fully saturated rings. The van der Waals surface area contributed by atoms with Crippen LogP contribution in [0.3, 0.4) is 0 Å². The van der Waals surface area contributed by atoms with Crippen molar-refractivity contribution in [1.82, 2.24) is 5.32 Å². The summed E-state index contributed by atoms with van der Waals surface area (Å²) in [7, 11) is 0. The molecule has 1 aliphatic carbocycles. The second-order valence-electron chi connectivity index (χ2n) is 4.58. The van der Waals surface area contributed by atoms with Gasteiger partial charge in [0.05, 0.1) is 0 Å². The van der Waals surface area contributed by atoms with Crippen molar-refractivity contribution in [3.05, 3.63) is 34.1 Å². The Kier molecular flexibility index (Phi) is 4.62. The van der Waals surface area contributed by atoms with Crippen molar-refractivity contribution in [1.29, 1.82) is 0 Å². The van der Waals surface area contributed by atoms with Crippen LogP contribution in [-0.4, -0.2) is 17.3 Å². The van der Waals surface area contributed by atoms with E-state index < -0.39 is 5.82 Å². The molecule has 1 aromatic rings. The number of hydrogen-bond donors (Lipinski definition) is 1. The summed E-state index contributed by atoms with van der Waals surface area (Å²) in [5, 5.41) is 3.15. The summed E-state index contributed by atoms with van der Waals surface area (Å²) < 4.78 is 13.8. The second-order valence-corrected chi connectivity index (χ2v) is 6.11. The molecule has 0 saturated heterocycles. The largest absolute Gasteiger partial charge is 0.349 e. The zero-order chi connectivity index (χ0) is 13.1. The van der Waals surface area contributed by atoms with Gasteiger partial charge >= 0.3 is 0 Å². The molecule has 2 nitrogen and oxygen atoms in total. The topological polar surface area (TPSA) is 29.1 Å². The van der Waals surface area contributed by atoms with Crippen LogP contribution in [0.15, 0.2) is 22.7 Å². The van der Waals surface area contributed by atoms with Gasteiger partial charge < -0.3 is 5.32 Å². The van der Waals surface area contributed by atoms with E-state index in [4.69, 9.17) is 11.6 Å². The van der Waals surface area contributed by atoms with E-state index in [0.717, 1.165) is 25.7 Å². The summed E-state index contributed by atoms with van der Waals surface area (Å²) in [6.07, 6.45) is 3.60. The zero-order valence-electron chi connectivity index (χ0n) is 9.76. The first-order valence-electron chi connectivity index (χ1n) is 5.95. The summed E-state index contributed by atoms with van der Waals surface area (Å²) in [4.78, 5) is 12.0. The van der Waals surface area contributed by atoms with Crippen LogP contribution in [0.25, 0.3) is 0 Å². The van der Waals surface area contributed by atoms with E-state index >= 15 is 0 Å². The quantitative estimate of drug-likeness (QED) is 0.817. The Morgan fingerprint density at radius 1 is 1.28 bits per heavy atom. The lowest BCUT2D eigenvalue weighted by molar-refractivity contribution is 0.0927. The van der Waals surface area contributed by atoms with Crippen LogP contribution in [-0.2, 0) is 0 Å². The highest BCUT2D eigenvalue weighted by Gasteiger charge is 2.21. The lowest BCUT2D eigenvalue weighted by Gasteiger charge is -2.25. The molecule has 2 rings (SSSR count). The van der Waals surface area contributed by atoms with Crippen LogP contribution < -0.4 is 5.32 Å². The van der Waals surface area contributed by atoms with E-state index in [2.05, 4.69) is 21.2 Å². The molecule has 1 saturated carbocycles.